The van der Waals surface area contributed by atoms with Gasteiger partial charge < -0.3 is 9.88 Å². The molecule has 2 heterocycles. The van der Waals surface area contributed by atoms with Crippen molar-refractivity contribution in [2.45, 2.75) is 44.6 Å². The highest BCUT2D eigenvalue weighted by atomic mass is 16.2. The van der Waals surface area contributed by atoms with E-state index in [0.717, 1.165) is 49.1 Å². The molecule has 4 nitrogen and oxygen atoms in total. The van der Waals surface area contributed by atoms with Crippen molar-refractivity contribution >= 4 is 16.9 Å². The molecule has 110 valence electrons. The summed E-state index contributed by atoms with van der Waals surface area (Å²) in [4.78, 5) is 22.9. The van der Waals surface area contributed by atoms with Crippen LogP contribution in [0.4, 0.5) is 0 Å². The number of carbonyl (C=O) groups is 1. The number of aromatic nitrogens is 2. The highest BCUT2D eigenvalue weighted by molar-refractivity contribution is 5.80. The normalized spacial score (nSPS) is 23.2. The number of aromatic amines is 1. The van der Waals surface area contributed by atoms with Crippen LogP contribution >= 0.6 is 0 Å². The van der Waals surface area contributed by atoms with Gasteiger partial charge in [-0.2, -0.15) is 0 Å². The molecule has 1 amide bonds. The van der Waals surface area contributed by atoms with Gasteiger partial charge in [0, 0.05) is 12.5 Å². The van der Waals surface area contributed by atoms with E-state index >= 15 is 0 Å². The first-order chi connectivity index (χ1) is 10.3. The predicted molar refractivity (Wildman–Crippen MR) is 81.7 cm³/mol. The largest absolute Gasteiger partial charge is 0.340 e. The van der Waals surface area contributed by atoms with Crippen LogP contribution in [0, 0.1) is 5.92 Å². The van der Waals surface area contributed by atoms with Crippen LogP contribution in [0.15, 0.2) is 24.3 Å². The molecule has 1 aliphatic heterocycles. The second-order valence-electron chi connectivity index (χ2n) is 6.31. The minimum absolute atomic E-state index is 0.138. The van der Waals surface area contributed by atoms with E-state index in [1.165, 1.54) is 12.8 Å². The second-order valence-corrected chi connectivity index (χ2v) is 6.31. The van der Waals surface area contributed by atoms with Crippen LogP contribution in [-0.2, 0) is 4.79 Å². The van der Waals surface area contributed by atoms with Crippen molar-refractivity contribution in [3.63, 3.8) is 0 Å². The zero-order valence-corrected chi connectivity index (χ0v) is 12.2. The molecule has 1 atom stereocenters. The maximum atomic E-state index is 12.7. The lowest BCUT2D eigenvalue weighted by Crippen LogP contribution is -2.44. The molecule has 0 bridgehead atoms. The number of hydrogen-bond donors (Lipinski definition) is 1. The molecule has 0 radical (unpaired) electrons. The monoisotopic (exact) mass is 283 g/mol. The summed E-state index contributed by atoms with van der Waals surface area (Å²) in [7, 11) is 0. The van der Waals surface area contributed by atoms with Crippen LogP contribution in [0.1, 0.15) is 50.4 Å². The number of hydrogen-bond acceptors (Lipinski definition) is 2. The summed E-state index contributed by atoms with van der Waals surface area (Å²) in [5.41, 5.74) is 2.06. The van der Waals surface area contributed by atoms with E-state index in [1.54, 1.807) is 0 Å². The Morgan fingerprint density at radius 3 is 2.76 bits per heavy atom. The molecule has 1 aromatic carbocycles. The Kier molecular flexibility index (Phi) is 3.17. The van der Waals surface area contributed by atoms with Crippen molar-refractivity contribution in [3.05, 3.63) is 30.1 Å². The number of amides is 1. The summed E-state index contributed by atoms with van der Waals surface area (Å²) in [6.45, 7) is 0.886. The molecule has 1 saturated heterocycles. The van der Waals surface area contributed by atoms with E-state index in [4.69, 9.17) is 4.98 Å². The molecule has 2 fully saturated rings. The Morgan fingerprint density at radius 1 is 1.14 bits per heavy atom. The molecule has 2 aliphatic rings. The number of para-hydroxylation sites is 2. The first kappa shape index (κ1) is 12.9. The Hall–Kier alpha value is -1.84. The summed E-state index contributed by atoms with van der Waals surface area (Å²) < 4.78 is 0. The van der Waals surface area contributed by atoms with Gasteiger partial charge in [0.15, 0.2) is 0 Å². The highest BCUT2D eigenvalue weighted by Gasteiger charge is 2.36. The number of nitrogens with zero attached hydrogens (tertiary/aromatic N) is 2. The third kappa shape index (κ3) is 2.23. The third-order valence-corrected chi connectivity index (χ3v) is 4.96. The van der Waals surface area contributed by atoms with Gasteiger partial charge in [-0.1, -0.05) is 18.6 Å². The Bertz CT molecular complexity index is 626. The number of imidazole rings is 1. The molecule has 1 aromatic heterocycles. The highest BCUT2D eigenvalue weighted by Crippen LogP contribution is 2.35. The minimum Gasteiger partial charge on any atom is -0.340 e. The second kappa shape index (κ2) is 5.17. The fourth-order valence-electron chi connectivity index (χ4n) is 3.50. The number of piperidine rings is 1. The average Bonchev–Trinajstić information content (AvgIpc) is 2.89. The molecule has 4 heteroatoms. The maximum Gasteiger partial charge on any atom is 0.226 e. The number of nitrogens with one attached hydrogen (secondary N) is 1. The zero-order chi connectivity index (χ0) is 14.2. The molecule has 4 rings (SSSR count). The van der Waals surface area contributed by atoms with E-state index in [1.807, 2.05) is 24.3 Å². The molecule has 1 unspecified atom stereocenters. The maximum absolute atomic E-state index is 12.7. The number of carbonyl (C=O) groups excluding carboxylic acids is 1. The van der Waals surface area contributed by atoms with Gasteiger partial charge in [0.2, 0.25) is 5.91 Å². The van der Waals surface area contributed by atoms with E-state index in [9.17, 15) is 4.79 Å². The third-order valence-electron chi connectivity index (χ3n) is 4.96. The topological polar surface area (TPSA) is 49.0 Å². The van der Waals surface area contributed by atoms with E-state index in [-0.39, 0.29) is 12.0 Å². The minimum atomic E-state index is 0.138. The predicted octanol–water partition coefficient (Wildman–Crippen LogP) is 3.42. The molecular weight excluding hydrogens is 262 g/mol. The molecule has 1 aliphatic carbocycles. The van der Waals surface area contributed by atoms with Crippen LogP contribution in [0.3, 0.4) is 0 Å². The quantitative estimate of drug-likeness (QED) is 0.918. The summed E-state index contributed by atoms with van der Waals surface area (Å²) in [5.74, 6) is 1.59. The first-order valence-electron chi connectivity index (χ1n) is 8.08. The number of benzene rings is 1. The Morgan fingerprint density at radius 2 is 2.00 bits per heavy atom. The average molecular weight is 283 g/mol. The van der Waals surface area contributed by atoms with Gasteiger partial charge in [-0.15, -0.1) is 0 Å². The van der Waals surface area contributed by atoms with Gasteiger partial charge in [-0.25, -0.2) is 4.98 Å². The fourth-order valence-corrected chi connectivity index (χ4v) is 3.50. The van der Waals surface area contributed by atoms with Crippen molar-refractivity contribution in [2.75, 3.05) is 6.54 Å². The smallest absolute Gasteiger partial charge is 0.226 e. The molecule has 1 N–H and O–H groups in total. The van der Waals surface area contributed by atoms with Crippen molar-refractivity contribution in [3.8, 4) is 0 Å². The standard InChI is InChI=1S/C17H21N3O/c21-17(12-6-5-7-12)20-11-4-3-10-15(20)16-18-13-8-1-2-9-14(13)19-16/h1-2,8-9,12,15H,3-7,10-11H2,(H,18,19). The van der Waals surface area contributed by atoms with Crippen LogP contribution in [-0.4, -0.2) is 27.3 Å². The van der Waals surface area contributed by atoms with Crippen molar-refractivity contribution < 1.29 is 4.79 Å². The van der Waals surface area contributed by atoms with Gasteiger partial charge in [0.25, 0.3) is 0 Å². The van der Waals surface area contributed by atoms with Crippen LogP contribution in [0.5, 0.6) is 0 Å². The van der Waals surface area contributed by atoms with E-state index in [0.29, 0.717) is 5.91 Å². The number of H-pyrrole nitrogens is 1. The summed E-state index contributed by atoms with van der Waals surface area (Å²) >= 11 is 0. The van der Waals surface area contributed by atoms with Crippen LogP contribution in [0.2, 0.25) is 0 Å². The van der Waals surface area contributed by atoms with Crippen LogP contribution in [0.25, 0.3) is 11.0 Å². The number of likely N-dealkylation sites (tertiary alicyclic amines) is 1. The molecule has 1 saturated carbocycles. The van der Waals surface area contributed by atoms with Crippen LogP contribution < -0.4 is 0 Å². The summed E-state index contributed by atoms with van der Waals surface area (Å²) in [6, 6.07) is 8.23. The lowest BCUT2D eigenvalue weighted by Gasteiger charge is -2.39. The molecular formula is C17H21N3O. The van der Waals surface area contributed by atoms with Gasteiger partial charge >= 0.3 is 0 Å². The van der Waals surface area contributed by atoms with Gasteiger partial charge in [0.05, 0.1) is 17.1 Å². The number of rotatable bonds is 2. The number of fused-ring (bicyclic) bond motifs is 1. The molecule has 21 heavy (non-hydrogen) atoms. The lowest BCUT2D eigenvalue weighted by molar-refractivity contribution is -0.142. The Labute approximate surface area is 124 Å². The van der Waals surface area contributed by atoms with Gasteiger partial charge in [0.1, 0.15) is 5.82 Å². The van der Waals surface area contributed by atoms with Crippen molar-refractivity contribution in [2.24, 2.45) is 5.92 Å². The SMILES string of the molecule is O=C(C1CCC1)N1CCCCC1c1nc2ccccc2[nH]1. The van der Waals surface area contributed by atoms with Crippen molar-refractivity contribution in [1.29, 1.82) is 0 Å². The Balaban J connectivity index is 1.64. The van der Waals surface area contributed by atoms with E-state index < -0.39 is 0 Å². The van der Waals surface area contributed by atoms with Gasteiger partial charge in [-0.05, 0) is 44.2 Å². The summed E-state index contributed by atoms with van der Waals surface area (Å²) in [6.07, 6.45) is 6.67. The van der Waals surface area contributed by atoms with Gasteiger partial charge in [-0.3, -0.25) is 4.79 Å². The zero-order valence-electron chi connectivity index (χ0n) is 12.2. The molecule has 0 spiro atoms. The summed E-state index contributed by atoms with van der Waals surface area (Å²) in [5, 5.41) is 0. The van der Waals surface area contributed by atoms with E-state index in [2.05, 4.69) is 9.88 Å². The van der Waals surface area contributed by atoms with Crippen molar-refractivity contribution in [1.82, 2.24) is 14.9 Å². The first-order valence-corrected chi connectivity index (χ1v) is 8.08. The fraction of sp³-hybridized carbons (Fsp3) is 0.529. The lowest BCUT2D eigenvalue weighted by atomic mass is 9.83. The molecule has 2 aromatic rings.